The Balaban J connectivity index is 1.68. The first-order chi connectivity index (χ1) is 8.72. The Morgan fingerprint density at radius 1 is 1.33 bits per heavy atom. The Hall–Kier alpha value is -0.930. The molecule has 0 aromatic heterocycles. The van der Waals surface area contributed by atoms with Crippen LogP contribution in [-0.2, 0) is 6.54 Å². The van der Waals surface area contributed by atoms with Gasteiger partial charge in [-0.1, -0.05) is 12.1 Å². The normalized spacial score (nSPS) is 29.4. The summed E-state index contributed by atoms with van der Waals surface area (Å²) in [7, 11) is 0. The average Bonchev–Trinajstić information content (AvgIpc) is 2.76. The highest BCUT2D eigenvalue weighted by atomic mass is 19.1. The molecule has 0 bridgehead atoms. The zero-order chi connectivity index (χ0) is 12.5. The molecule has 98 valence electrons. The number of rotatable bonds is 2. The van der Waals surface area contributed by atoms with Crippen molar-refractivity contribution in [2.75, 3.05) is 19.6 Å². The van der Waals surface area contributed by atoms with Crippen LogP contribution in [0.25, 0.3) is 0 Å². The first kappa shape index (κ1) is 12.1. The number of piperazine rings is 1. The lowest BCUT2D eigenvalue weighted by Crippen LogP contribution is -2.54. The van der Waals surface area contributed by atoms with E-state index in [0.29, 0.717) is 6.04 Å². The van der Waals surface area contributed by atoms with Crippen LogP contribution in [0.4, 0.5) is 4.39 Å². The van der Waals surface area contributed by atoms with Gasteiger partial charge in [-0.3, -0.25) is 9.80 Å². The molecule has 1 aromatic carbocycles. The average molecular weight is 248 g/mol. The van der Waals surface area contributed by atoms with Gasteiger partial charge >= 0.3 is 0 Å². The molecule has 18 heavy (non-hydrogen) atoms. The number of halogens is 1. The largest absolute Gasteiger partial charge is 0.298 e. The second-order valence-electron chi connectivity index (χ2n) is 5.70. The van der Waals surface area contributed by atoms with E-state index in [9.17, 15) is 4.39 Å². The highest BCUT2D eigenvalue weighted by Crippen LogP contribution is 2.25. The minimum absolute atomic E-state index is 0.125. The fourth-order valence-corrected chi connectivity index (χ4v) is 3.34. The second-order valence-corrected chi connectivity index (χ2v) is 5.70. The third-order valence-electron chi connectivity index (χ3n) is 4.34. The minimum atomic E-state index is -0.125. The van der Waals surface area contributed by atoms with Gasteiger partial charge in [0.2, 0.25) is 0 Å². The van der Waals surface area contributed by atoms with Crippen LogP contribution >= 0.6 is 0 Å². The zero-order valence-electron chi connectivity index (χ0n) is 11.0. The summed E-state index contributed by atoms with van der Waals surface area (Å²) >= 11 is 0. The number of fused-ring (bicyclic) bond motifs is 1. The Morgan fingerprint density at radius 2 is 2.22 bits per heavy atom. The highest BCUT2D eigenvalue weighted by Gasteiger charge is 2.34. The molecule has 2 nitrogen and oxygen atoms in total. The molecule has 1 unspecified atom stereocenters. The fourth-order valence-electron chi connectivity index (χ4n) is 3.34. The summed E-state index contributed by atoms with van der Waals surface area (Å²) < 4.78 is 13.2. The fraction of sp³-hybridized carbons (Fsp3) is 0.600. The van der Waals surface area contributed by atoms with Crippen LogP contribution in [0.15, 0.2) is 24.3 Å². The van der Waals surface area contributed by atoms with Gasteiger partial charge in [-0.2, -0.15) is 0 Å². The Kier molecular flexibility index (Phi) is 3.35. The van der Waals surface area contributed by atoms with E-state index in [-0.39, 0.29) is 5.82 Å². The van der Waals surface area contributed by atoms with Crippen molar-refractivity contribution in [2.45, 2.75) is 38.4 Å². The van der Waals surface area contributed by atoms with Crippen molar-refractivity contribution >= 4 is 0 Å². The van der Waals surface area contributed by atoms with Crippen LogP contribution < -0.4 is 0 Å². The maximum absolute atomic E-state index is 13.2. The van der Waals surface area contributed by atoms with Crippen LogP contribution in [0, 0.1) is 5.82 Å². The standard InChI is InChI=1S/C15H21FN2/c1-12-9-17-7-3-6-15(17)11-18(12)10-13-4-2-5-14(16)8-13/h2,4-5,8,12,15H,3,6-7,9-11H2,1H3/t12-,15?/m0/s1. The summed E-state index contributed by atoms with van der Waals surface area (Å²) in [5.74, 6) is -0.125. The maximum atomic E-state index is 13.2. The quantitative estimate of drug-likeness (QED) is 0.793. The van der Waals surface area contributed by atoms with Gasteiger partial charge in [-0.25, -0.2) is 4.39 Å². The Morgan fingerprint density at radius 3 is 3.06 bits per heavy atom. The predicted molar refractivity (Wildman–Crippen MR) is 70.9 cm³/mol. The molecule has 2 heterocycles. The highest BCUT2D eigenvalue weighted by molar-refractivity contribution is 5.16. The van der Waals surface area contributed by atoms with Gasteiger partial charge in [0.25, 0.3) is 0 Å². The molecular formula is C15H21FN2. The monoisotopic (exact) mass is 248 g/mol. The zero-order valence-corrected chi connectivity index (χ0v) is 11.0. The molecule has 2 atom stereocenters. The van der Waals surface area contributed by atoms with Gasteiger partial charge in [-0.15, -0.1) is 0 Å². The number of benzene rings is 1. The molecule has 0 saturated carbocycles. The summed E-state index contributed by atoms with van der Waals surface area (Å²) in [5.41, 5.74) is 1.09. The molecule has 2 saturated heterocycles. The SMILES string of the molecule is C[C@H]1CN2CCCC2CN1Cc1cccc(F)c1. The smallest absolute Gasteiger partial charge is 0.123 e. The molecule has 0 amide bonds. The third kappa shape index (κ3) is 2.43. The number of nitrogens with zero attached hydrogens (tertiary/aromatic N) is 2. The van der Waals surface area contributed by atoms with Crippen molar-refractivity contribution < 1.29 is 4.39 Å². The molecule has 0 N–H and O–H groups in total. The lowest BCUT2D eigenvalue weighted by Gasteiger charge is -2.42. The van der Waals surface area contributed by atoms with Crippen molar-refractivity contribution in [3.05, 3.63) is 35.6 Å². The van der Waals surface area contributed by atoms with Gasteiger partial charge < -0.3 is 0 Å². The van der Waals surface area contributed by atoms with Crippen molar-refractivity contribution in [2.24, 2.45) is 0 Å². The lowest BCUT2D eigenvalue weighted by molar-refractivity contribution is 0.0540. The summed E-state index contributed by atoms with van der Waals surface area (Å²) in [6.07, 6.45) is 2.66. The summed E-state index contributed by atoms with van der Waals surface area (Å²) in [4.78, 5) is 5.12. The molecule has 0 aliphatic carbocycles. The van der Waals surface area contributed by atoms with E-state index in [0.717, 1.165) is 24.7 Å². The summed E-state index contributed by atoms with van der Waals surface area (Å²) in [5, 5.41) is 0. The Bertz CT molecular complexity index is 421. The van der Waals surface area contributed by atoms with E-state index < -0.39 is 0 Å². The minimum Gasteiger partial charge on any atom is -0.298 e. The van der Waals surface area contributed by atoms with Crippen molar-refractivity contribution in [3.63, 3.8) is 0 Å². The first-order valence-corrected chi connectivity index (χ1v) is 6.95. The Labute approximate surface area is 108 Å². The van der Waals surface area contributed by atoms with Crippen LogP contribution in [0.5, 0.6) is 0 Å². The molecule has 0 radical (unpaired) electrons. The van der Waals surface area contributed by atoms with E-state index in [4.69, 9.17) is 0 Å². The molecule has 2 aliphatic rings. The van der Waals surface area contributed by atoms with Crippen LogP contribution in [0.3, 0.4) is 0 Å². The lowest BCUT2D eigenvalue weighted by atomic mass is 10.1. The number of hydrogen-bond acceptors (Lipinski definition) is 2. The summed E-state index contributed by atoms with van der Waals surface area (Å²) in [6.45, 7) is 6.73. The molecule has 1 aromatic rings. The van der Waals surface area contributed by atoms with E-state index in [1.54, 1.807) is 12.1 Å². The van der Waals surface area contributed by atoms with Crippen LogP contribution in [0.1, 0.15) is 25.3 Å². The van der Waals surface area contributed by atoms with E-state index in [1.165, 1.54) is 32.0 Å². The maximum Gasteiger partial charge on any atom is 0.123 e. The van der Waals surface area contributed by atoms with E-state index in [1.807, 2.05) is 6.07 Å². The van der Waals surface area contributed by atoms with Crippen molar-refractivity contribution in [1.82, 2.24) is 9.80 Å². The molecule has 2 aliphatic heterocycles. The van der Waals surface area contributed by atoms with Crippen LogP contribution in [0.2, 0.25) is 0 Å². The molecule has 3 heteroatoms. The predicted octanol–water partition coefficient (Wildman–Crippen LogP) is 2.49. The topological polar surface area (TPSA) is 6.48 Å². The number of hydrogen-bond donors (Lipinski definition) is 0. The van der Waals surface area contributed by atoms with Crippen molar-refractivity contribution in [1.29, 1.82) is 0 Å². The molecular weight excluding hydrogens is 227 g/mol. The van der Waals surface area contributed by atoms with E-state index in [2.05, 4.69) is 16.7 Å². The van der Waals surface area contributed by atoms with Gasteiger partial charge in [0.15, 0.2) is 0 Å². The van der Waals surface area contributed by atoms with E-state index >= 15 is 0 Å². The van der Waals surface area contributed by atoms with Gasteiger partial charge in [0.05, 0.1) is 0 Å². The summed E-state index contributed by atoms with van der Waals surface area (Å²) in [6, 6.07) is 8.31. The van der Waals surface area contributed by atoms with Gasteiger partial charge in [0.1, 0.15) is 5.82 Å². The van der Waals surface area contributed by atoms with Crippen molar-refractivity contribution in [3.8, 4) is 0 Å². The van der Waals surface area contributed by atoms with Crippen LogP contribution in [-0.4, -0.2) is 41.5 Å². The third-order valence-corrected chi connectivity index (χ3v) is 4.34. The van der Waals surface area contributed by atoms with Gasteiger partial charge in [0, 0.05) is 31.7 Å². The second kappa shape index (κ2) is 4.98. The molecule has 0 spiro atoms. The van der Waals surface area contributed by atoms with Gasteiger partial charge in [-0.05, 0) is 44.0 Å². The molecule has 2 fully saturated rings. The molecule has 3 rings (SSSR count). The first-order valence-electron chi connectivity index (χ1n) is 6.95.